The Morgan fingerprint density at radius 2 is 1.95 bits per heavy atom. The molecule has 0 bridgehead atoms. The van der Waals surface area contributed by atoms with Crippen LogP contribution >= 0.6 is 0 Å². The van der Waals surface area contributed by atoms with E-state index in [9.17, 15) is 13.6 Å². The van der Waals surface area contributed by atoms with Crippen LogP contribution in [0, 0.1) is 0 Å². The van der Waals surface area contributed by atoms with E-state index in [-0.39, 0.29) is 11.1 Å². The molecule has 2 rings (SSSR count). The van der Waals surface area contributed by atoms with Gasteiger partial charge in [-0.15, -0.1) is 0 Å². The summed E-state index contributed by atoms with van der Waals surface area (Å²) < 4.78 is 24.8. The lowest BCUT2D eigenvalue weighted by Gasteiger charge is -2.10. The average molecular weight is 277 g/mol. The van der Waals surface area contributed by atoms with Crippen molar-refractivity contribution in [3.05, 3.63) is 59.4 Å². The number of alkyl halides is 2. The van der Waals surface area contributed by atoms with Crippen molar-refractivity contribution in [2.75, 3.05) is 5.32 Å². The number of halogens is 2. The molecule has 0 saturated heterocycles. The first-order chi connectivity index (χ1) is 9.58. The fourth-order valence-corrected chi connectivity index (χ4v) is 1.72. The summed E-state index contributed by atoms with van der Waals surface area (Å²) in [6.07, 6.45) is 0.442. The number of benzene rings is 1. The van der Waals surface area contributed by atoms with Crippen molar-refractivity contribution in [1.29, 1.82) is 0 Å². The molecule has 3 N–H and O–H groups in total. The van der Waals surface area contributed by atoms with Gasteiger partial charge >= 0.3 is 0 Å². The second-order valence-electron chi connectivity index (χ2n) is 4.18. The van der Waals surface area contributed by atoms with Crippen LogP contribution in [0.1, 0.15) is 27.9 Å². The third-order valence-corrected chi connectivity index (χ3v) is 2.80. The van der Waals surface area contributed by atoms with Crippen molar-refractivity contribution in [2.45, 2.75) is 13.0 Å². The summed E-state index contributed by atoms with van der Waals surface area (Å²) in [7, 11) is 0. The number of hydrogen-bond acceptors (Lipinski definition) is 3. The predicted molar refractivity (Wildman–Crippen MR) is 71.5 cm³/mol. The van der Waals surface area contributed by atoms with Crippen molar-refractivity contribution in [2.24, 2.45) is 5.73 Å². The molecule has 0 fully saturated rings. The van der Waals surface area contributed by atoms with E-state index in [0.717, 1.165) is 5.56 Å². The first-order valence-electron chi connectivity index (χ1n) is 5.92. The van der Waals surface area contributed by atoms with Gasteiger partial charge in [0.05, 0.1) is 11.3 Å². The quantitative estimate of drug-likeness (QED) is 0.883. The van der Waals surface area contributed by atoms with E-state index >= 15 is 0 Å². The van der Waals surface area contributed by atoms with Crippen LogP contribution in [0.5, 0.6) is 0 Å². The summed E-state index contributed by atoms with van der Waals surface area (Å²) in [5.41, 5.74) is 6.89. The van der Waals surface area contributed by atoms with Gasteiger partial charge in [-0.25, -0.2) is 8.78 Å². The summed E-state index contributed by atoms with van der Waals surface area (Å²) in [6, 6.07) is 7.61. The lowest BCUT2D eigenvalue weighted by Crippen LogP contribution is -2.14. The zero-order valence-corrected chi connectivity index (χ0v) is 10.5. The van der Waals surface area contributed by atoms with Crippen molar-refractivity contribution in [3.63, 3.8) is 0 Å². The zero-order chi connectivity index (χ0) is 14.5. The minimum atomic E-state index is -2.47. The molecular formula is C14H13F2N3O. The topological polar surface area (TPSA) is 68.0 Å². The maximum Gasteiger partial charge on any atom is 0.263 e. The number of carbonyl (C=O) groups is 1. The average Bonchev–Trinajstić information content (AvgIpc) is 2.45. The van der Waals surface area contributed by atoms with Crippen LogP contribution in [0.25, 0.3) is 0 Å². The van der Waals surface area contributed by atoms with Crippen LogP contribution in [-0.2, 0) is 6.54 Å². The summed E-state index contributed by atoms with van der Waals surface area (Å²) in [4.78, 5) is 15.0. The van der Waals surface area contributed by atoms with Gasteiger partial charge in [0.1, 0.15) is 0 Å². The molecule has 20 heavy (non-hydrogen) atoms. The molecule has 1 amide bonds. The van der Waals surface area contributed by atoms with Gasteiger partial charge < -0.3 is 11.1 Å². The van der Waals surface area contributed by atoms with Crippen LogP contribution in [-0.4, -0.2) is 10.9 Å². The van der Waals surface area contributed by atoms with Crippen molar-refractivity contribution in [1.82, 2.24) is 4.98 Å². The second kappa shape index (κ2) is 6.10. The molecule has 0 aliphatic heterocycles. The number of hydrogen-bond donors (Lipinski definition) is 2. The van der Waals surface area contributed by atoms with Crippen LogP contribution in [0.3, 0.4) is 0 Å². The molecule has 1 aromatic heterocycles. The molecule has 0 aliphatic carbocycles. The van der Waals surface area contributed by atoms with E-state index in [0.29, 0.717) is 12.2 Å². The van der Waals surface area contributed by atoms with E-state index in [4.69, 9.17) is 5.73 Å². The number of primary amides is 1. The molecule has 0 spiro atoms. The van der Waals surface area contributed by atoms with Gasteiger partial charge in [-0.05, 0) is 11.6 Å². The minimum Gasteiger partial charge on any atom is -0.380 e. The summed E-state index contributed by atoms with van der Waals surface area (Å²) in [5.74, 6) is -0.575. The molecule has 1 heterocycles. The van der Waals surface area contributed by atoms with Gasteiger partial charge in [0.15, 0.2) is 0 Å². The summed E-state index contributed by atoms with van der Waals surface area (Å²) in [5, 5.41) is 3.03. The number of nitrogens with two attached hydrogens (primary N) is 1. The monoisotopic (exact) mass is 277 g/mol. The van der Waals surface area contributed by atoms with Crippen molar-refractivity contribution >= 4 is 11.6 Å². The zero-order valence-electron chi connectivity index (χ0n) is 10.5. The highest BCUT2D eigenvalue weighted by Gasteiger charge is 2.08. The van der Waals surface area contributed by atoms with Gasteiger partial charge in [0, 0.05) is 24.5 Å². The highest BCUT2D eigenvalue weighted by molar-refractivity contribution is 5.98. The summed E-state index contributed by atoms with van der Waals surface area (Å²) in [6.45, 7) is 0.397. The van der Waals surface area contributed by atoms with Crippen LogP contribution in [0.4, 0.5) is 14.5 Å². The van der Waals surface area contributed by atoms with E-state index in [1.54, 1.807) is 18.2 Å². The first kappa shape index (κ1) is 13.9. The smallest absolute Gasteiger partial charge is 0.263 e. The number of pyridine rings is 1. The van der Waals surface area contributed by atoms with E-state index < -0.39 is 12.3 Å². The molecule has 4 nitrogen and oxygen atoms in total. The van der Waals surface area contributed by atoms with Crippen LogP contribution in [0.2, 0.25) is 0 Å². The van der Waals surface area contributed by atoms with Gasteiger partial charge in [-0.3, -0.25) is 9.78 Å². The lowest BCUT2D eigenvalue weighted by atomic mass is 10.1. The maximum absolute atomic E-state index is 12.4. The second-order valence-corrected chi connectivity index (χ2v) is 4.18. The molecule has 104 valence electrons. The van der Waals surface area contributed by atoms with Crippen LogP contribution in [0.15, 0.2) is 42.7 Å². The maximum atomic E-state index is 12.4. The Morgan fingerprint density at radius 1 is 1.25 bits per heavy atom. The minimum absolute atomic E-state index is 0.0181. The third kappa shape index (κ3) is 3.28. The molecule has 2 aromatic rings. The lowest BCUT2D eigenvalue weighted by molar-refractivity contribution is 0.100. The third-order valence-electron chi connectivity index (χ3n) is 2.80. The Hall–Kier alpha value is -2.50. The largest absolute Gasteiger partial charge is 0.380 e. The molecule has 6 heteroatoms. The fourth-order valence-electron chi connectivity index (χ4n) is 1.72. The highest BCUT2D eigenvalue weighted by atomic mass is 19.3. The SMILES string of the molecule is NC(=O)c1cnccc1NCc1ccc(C(F)F)cc1. The number of aromatic nitrogens is 1. The fraction of sp³-hybridized carbons (Fsp3) is 0.143. The molecule has 0 saturated carbocycles. The Bertz CT molecular complexity index is 600. The molecule has 1 aromatic carbocycles. The molecule has 0 atom stereocenters. The Balaban J connectivity index is 2.07. The normalized spacial score (nSPS) is 10.6. The molecule has 0 aliphatic rings. The number of nitrogens with one attached hydrogen (secondary N) is 1. The number of carbonyl (C=O) groups excluding carboxylic acids is 1. The van der Waals surface area contributed by atoms with Gasteiger partial charge in [0.25, 0.3) is 12.3 Å². The highest BCUT2D eigenvalue weighted by Crippen LogP contribution is 2.19. The summed E-state index contributed by atoms with van der Waals surface area (Å²) >= 11 is 0. The molecule has 0 unspecified atom stereocenters. The van der Waals surface area contributed by atoms with E-state index in [1.165, 1.54) is 24.5 Å². The van der Waals surface area contributed by atoms with Crippen molar-refractivity contribution < 1.29 is 13.6 Å². The Kier molecular flexibility index (Phi) is 4.24. The Morgan fingerprint density at radius 3 is 2.55 bits per heavy atom. The predicted octanol–water partition coefficient (Wildman–Crippen LogP) is 2.73. The van der Waals surface area contributed by atoms with Gasteiger partial charge in [-0.2, -0.15) is 0 Å². The van der Waals surface area contributed by atoms with Crippen LogP contribution < -0.4 is 11.1 Å². The van der Waals surface area contributed by atoms with E-state index in [1.807, 2.05) is 0 Å². The first-order valence-corrected chi connectivity index (χ1v) is 5.92. The number of anilines is 1. The Labute approximate surface area is 114 Å². The van der Waals surface area contributed by atoms with Gasteiger partial charge in [0.2, 0.25) is 0 Å². The standard InChI is InChI=1S/C14H13F2N3O/c15-13(16)10-3-1-9(2-4-10)7-19-12-5-6-18-8-11(12)14(17)20/h1-6,8,13H,7H2,(H2,17,20)(H,18,19). The number of nitrogens with zero attached hydrogens (tertiary/aromatic N) is 1. The number of amides is 1. The van der Waals surface area contributed by atoms with Gasteiger partial charge in [-0.1, -0.05) is 24.3 Å². The van der Waals surface area contributed by atoms with E-state index in [2.05, 4.69) is 10.3 Å². The molecule has 0 radical (unpaired) electrons. The molecular weight excluding hydrogens is 264 g/mol. The number of rotatable bonds is 5. The van der Waals surface area contributed by atoms with Crippen molar-refractivity contribution in [3.8, 4) is 0 Å².